The Labute approximate surface area is 92.0 Å². The quantitative estimate of drug-likeness (QED) is 0.631. The first-order valence-corrected chi connectivity index (χ1v) is 4.52. The first-order valence-electron chi connectivity index (χ1n) is 3.76. The highest BCUT2D eigenvalue weighted by Gasteiger charge is 2.13. The van der Waals surface area contributed by atoms with Crippen molar-refractivity contribution in [2.75, 3.05) is 14.2 Å². The van der Waals surface area contributed by atoms with Crippen molar-refractivity contribution < 1.29 is 9.47 Å². The van der Waals surface area contributed by atoms with Crippen LogP contribution in [0.4, 0.5) is 0 Å². The summed E-state index contributed by atoms with van der Waals surface area (Å²) in [6, 6.07) is 3.26. The second kappa shape index (κ2) is 4.53. The Bertz CT molecular complexity index is 366. The lowest BCUT2D eigenvalue weighted by molar-refractivity contribution is 0.400. The molecule has 14 heavy (non-hydrogen) atoms. The summed E-state index contributed by atoms with van der Waals surface area (Å²) in [6.45, 7) is 0. The maximum atomic E-state index is 7.44. The minimum absolute atomic E-state index is 0.0282. The number of ether oxygens (including phenoxy) is 2. The van der Waals surface area contributed by atoms with Gasteiger partial charge in [-0.2, -0.15) is 0 Å². The zero-order chi connectivity index (χ0) is 10.7. The topological polar surface area (TPSA) is 42.3 Å². The Kier molecular flexibility index (Phi) is 3.61. The van der Waals surface area contributed by atoms with Gasteiger partial charge >= 0.3 is 0 Å². The molecule has 0 aromatic heterocycles. The summed E-state index contributed by atoms with van der Waals surface area (Å²) in [5.74, 6) is 0.448. The first-order chi connectivity index (χ1) is 6.61. The third-order valence-electron chi connectivity index (χ3n) is 1.72. The molecule has 0 radical (unpaired) electrons. The van der Waals surface area contributed by atoms with Crippen molar-refractivity contribution in [1.29, 1.82) is 5.41 Å². The van der Waals surface area contributed by atoms with Crippen molar-refractivity contribution in [3.63, 3.8) is 0 Å². The Morgan fingerprint density at radius 3 is 2.36 bits per heavy atom. The lowest BCUT2D eigenvalue weighted by Crippen LogP contribution is -2.02. The highest BCUT2D eigenvalue weighted by atomic mass is 35.5. The van der Waals surface area contributed by atoms with Gasteiger partial charge in [-0.3, -0.25) is 5.41 Å². The molecule has 0 heterocycles. The number of benzene rings is 1. The fourth-order valence-corrected chi connectivity index (χ4v) is 1.46. The van der Waals surface area contributed by atoms with E-state index in [-0.39, 0.29) is 15.9 Å². The van der Waals surface area contributed by atoms with E-state index >= 15 is 0 Å². The van der Waals surface area contributed by atoms with Gasteiger partial charge in [-0.05, 0) is 12.1 Å². The standard InChI is InChI=1S/C9H9Cl2NO2/c1-13-6-4-3-5(9(12)14-2)7(10)8(6)11/h3-4,12H,1-2H3. The van der Waals surface area contributed by atoms with E-state index in [1.807, 2.05) is 0 Å². The van der Waals surface area contributed by atoms with Gasteiger partial charge in [-0.1, -0.05) is 23.2 Å². The summed E-state index contributed by atoms with van der Waals surface area (Å²) >= 11 is 11.8. The molecule has 1 rings (SSSR count). The number of methoxy groups -OCH3 is 2. The molecule has 0 fully saturated rings. The van der Waals surface area contributed by atoms with Crippen molar-refractivity contribution in [2.45, 2.75) is 0 Å². The monoisotopic (exact) mass is 233 g/mol. The Balaban J connectivity index is 3.24. The summed E-state index contributed by atoms with van der Waals surface area (Å²) in [5, 5.41) is 7.98. The number of halogens is 2. The largest absolute Gasteiger partial charge is 0.495 e. The zero-order valence-corrected chi connectivity index (χ0v) is 9.24. The minimum Gasteiger partial charge on any atom is -0.495 e. The molecule has 1 N–H and O–H groups in total. The molecule has 1 aromatic carbocycles. The minimum atomic E-state index is -0.0282. The fourth-order valence-electron chi connectivity index (χ4n) is 0.975. The summed E-state index contributed by atoms with van der Waals surface area (Å²) in [4.78, 5) is 0. The molecule has 0 aliphatic heterocycles. The second-order valence-electron chi connectivity index (χ2n) is 2.48. The van der Waals surface area contributed by atoms with Crippen molar-refractivity contribution in [3.05, 3.63) is 27.7 Å². The Morgan fingerprint density at radius 2 is 1.86 bits per heavy atom. The molecule has 0 atom stereocenters. The molecule has 0 bridgehead atoms. The van der Waals surface area contributed by atoms with Gasteiger partial charge in [0.2, 0.25) is 5.90 Å². The third kappa shape index (κ3) is 1.94. The molecule has 0 spiro atoms. The van der Waals surface area contributed by atoms with Gasteiger partial charge in [-0.25, -0.2) is 0 Å². The van der Waals surface area contributed by atoms with Crippen LogP contribution < -0.4 is 4.74 Å². The normalized spacial score (nSPS) is 9.71. The van der Waals surface area contributed by atoms with Gasteiger partial charge in [0.15, 0.2) is 0 Å². The van der Waals surface area contributed by atoms with Crippen LogP contribution in [0.2, 0.25) is 10.0 Å². The zero-order valence-electron chi connectivity index (χ0n) is 7.73. The van der Waals surface area contributed by atoms with E-state index < -0.39 is 0 Å². The summed E-state index contributed by atoms with van der Waals surface area (Å²) < 4.78 is 9.71. The summed E-state index contributed by atoms with van der Waals surface area (Å²) in [6.07, 6.45) is 0. The van der Waals surface area contributed by atoms with E-state index in [4.69, 9.17) is 38.1 Å². The van der Waals surface area contributed by atoms with E-state index in [1.165, 1.54) is 14.2 Å². The molecular weight excluding hydrogens is 225 g/mol. The molecule has 0 saturated carbocycles. The van der Waals surface area contributed by atoms with Crippen LogP contribution in [-0.4, -0.2) is 20.1 Å². The number of hydrogen-bond acceptors (Lipinski definition) is 3. The molecule has 5 heteroatoms. The molecule has 0 aliphatic rings. The van der Waals surface area contributed by atoms with Gasteiger partial charge in [0.25, 0.3) is 0 Å². The van der Waals surface area contributed by atoms with Crippen molar-refractivity contribution in [2.24, 2.45) is 0 Å². The SMILES string of the molecule is COC(=N)c1ccc(OC)c(Cl)c1Cl. The van der Waals surface area contributed by atoms with Crippen molar-refractivity contribution in [3.8, 4) is 5.75 Å². The molecule has 76 valence electrons. The molecule has 3 nitrogen and oxygen atoms in total. The van der Waals surface area contributed by atoms with E-state index in [9.17, 15) is 0 Å². The number of nitrogens with one attached hydrogen (secondary N) is 1. The van der Waals surface area contributed by atoms with Gasteiger partial charge in [0, 0.05) is 0 Å². The van der Waals surface area contributed by atoms with E-state index in [1.54, 1.807) is 12.1 Å². The van der Waals surface area contributed by atoms with Crippen LogP contribution in [0.3, 0.4) is 0 Å². The van der Waals surface area contributed by atoms with Gasteiger partial charge in [0.1, 0.15) is 10.8 Å². The molecule has 1 aromatic rings. The Morgan fingerprint density at radius 1 is 1.21 bits per heavy atom. The second-order valence-corrected chi connectivity index (χ2v) is 3.23. The molecule has 0 unspecified atom stereocenters. The van der Waals surface area contributed by atoms with Crippen LogP contribution in [0.25, 0.3) is 0 Å². The maximum Gasteiger partial charge on any atom is 0.214 e. The van der Waals surface area contributed by atoms with E-state index in [0.29, 0.717) is 11.3 Å². The van der Waals surface area contributed by atoms with Crippen molar-refractivity contribution in [1.82, 2.24) is 0 Å². The lowest BCUT2D eigenvalue weighted by atomic mass is 10.2. The van der Waals surface area contributed by atoms with Crippen LogP contribution in [0, 0.1) is 5.41 Å². The molecule has 0 amide bonds. The third-order valence-corrected chi connectivity index (χ3v) is 2.58. The lowest BCUT2D eigenvalue weighted by Gasteiger charge is -2.09. The van der Waals surface area contributed by atoms with Crippen LogP contribution in [0.1, 0.15) is 5.56 Å². The molecule has 0 aliphatic carbocycles. The van der Waals surface area contributed by atoms with Gasteiger partial charge in [-0.15, -0.1) is 0 Å². The van der Waals surface area contributed by atoms with Crippen LogP contribution >= 0.6 is 23.2 Å². The van der Waals surface area contributed by atoms with Crippen LogP contribution in [0.15, 0.2) is 12.1 Å². The predicted octanol–water partition coefficient (Wildman–Crippen LogP) is 2.97. The average Bonchev–Trinajstić information content (AvgIpc) is 2.21. The van der Waals surface area contributed by atoms with Crippen LogP contribution in [-0.2, 0) is 4.74 Å². The van der Waals surface area contributed by atoms with Crippen LogP contribution in [0.5, 0.6) is 5.75 Å². The fraction of sp³-hybridized carbons (Fsp3) is 0.222. The predicted molar refractivity (Wildman–Crippen MR) is 56.9 cm³/mol. The Hall–Kier alpha value is -0.930. The van der Waals surface area contributed by atoms with E-state index in [0.717, 1.165) is 0 Å². The van der Waals surface area contributed by atoms with Gasteiger partial charge in [0.05, 0.1) is 24.8 Å². The number of hydrogen-bond donors (Lipinski definition) is 1. The summed E-state index contributed by atoms with van der Waals surface area (Å²) in [5.41, 5.74) is 0.444. The van der Waals surface area contributed by atoms with Gasteiger partial charge < -0.3 is 9.47 Å². The summed E-state index contributed by atoms with van der Waals surface area (Å²) in [7, 11) is 2.90. The van der Waals surface area contributed by atoms with Crippen molar-refractivity contribution >= 4 is 29.1 Å². The number of rotatable bonds is 2. The highest BCUT2D eigenvalue weighted by molar-refractivity contribution is 6.44. The maximum absolute atomic E-state index is 7.44. The first kappa shape index (κ1) is 11.1. The van der Waals surface area contributed by atoms with E-state index in [2.05, 4.69) is 0 Å². The molecular formula is C9H9Cl2NO2. The average molecular weight is 234 g/mol. The smallest absolute Gasteiger partial charge is 0.214 e. The molecule has 0 saturated heterocycles. The highest BCUT2D eigenvalue weighted by Crippen LogP contribution is 2.34.